The molecule has 9 nitrogen and oxygen atoms in total. The summed E-state index contributed by atoms with van der Waals surface area (Å²) in [6.45, 7) is 1.78. The summed E-state index contributed by atoms with van der Waals surface area (Å²) in [6.07, 6.45) is -1.05. The first-order valence-electron chi connectivity index (χ1n) is 11.0. The van der Waals surface area contributed by atoms with E-state index in [0.717, 1.165) is 21.8 Å². The van der Waals surface area contributed by atoms with Gasteiger partial charge in [-0.05, 0) is 48.9 Å². The third kappa shape index (κ3) is 3.76. The van der Waals surface area contributed by atoms with Gasteiger partial charge in [0.2, 0.25) is 0 Å². The SMILES string of the molecule is CCOC(=O)C1=C(Nc2ccc3c(c2)c2ccccc2n3C)C(=O)OC1c1ccc([N+](=O)[O-])cc1. The molecule has 1 unspecified atom stereocenters. The summed E-state index contributed by atoms with van der Waals surface area (Å²) in [5.74, 6) is -1.41. The van der Waals surface area contributed by atoms with Gasteiger partial charge in [-0.25, -0.2) is 9.59 Å². The average Bonchev–Trinajstić information content (AvgIpc) is 3.33. The molecule has 2 heterocycles. The van der Waals surface area contributed by atoms with Gasteiger partial charge >= 0.3 is 11.9 Å². The number of aryl methyl sites for hydroxylation is 1. The summed E-state index contributed by atoms with van der Waals surface area (Å²) in [7, 11) is 1.99. The Morgan fingerprint density at radius 2 is 1.80 bits per heavy atom. The Bertz CT molecular complexity index is 1530. The summed E-state index contributed by atoms with van der Waals surface area (Å²) < 4.78 is 12.8. The molecule has 1 atom stereocenters. The van der Waals surface area contributed by atoms with Crippen LogP contribution in [0.3, 0.4) is 0 Å². The van der Waals surface area contributed by atoms with Gasteiger partial charge in [0.05, 0.1) is 11.5 Å². The van der Waals surface area contributed by atoms with Gasteiger partial charge < -0.3 is 19.4 Å². The van der Waals surface area contributed by atoms with E-state index in [1.54, 1.807) is 6.92 Å². The van der Waals surface area contributed by atoms with Gasteiger partial charge in [-0.3, -0.25) is 10.1 Å². The van der Waals surface area contributed by atoms with Crippen molar-refractivity contribution < 1.29 is 24.0 Å². The van der Waals surface area contributed by atoms with E-state index in [9.17, 15) is 19.7 Å². The van der Waals surface area contributed by atoms with Gasteiger partial charge in [0.1, 0.15) is 11.3 Å². The number of hydrogen-bond acceptors (Lipinski definition) is 7. The van der Waals surface area contributed by atoms with Crippen LogP contribution < -0.4 is 5.32 Å². The van der Waals surface area contributed by atoms with Crippen molar-refractivity contribution in [1.29, 1.82) is 0 Å². The lowest BCUT2D eigenvalue weighted by molar-refractivity contribution is -0.384. The number of rotatable bonds is 6. The van der Waals surface area contributed by atoms with E-state index in [1.165, 1.54) is 24.3 Å². The zero-order valence-corrected chi connectivity index (χ0v) is 19.0. The molecule has 0 saturated carbocycles. The number of benzene rings is 3. The lowest BCUT2D eigenvalue weighted by Crippen LogP contribution is -2.16. The fraction of sp³-hybridized carbons (Fsp3) is 0.154. The quantitative estimate of drug-likeness (QED) is 0.245. The highest BCUT2D eigenvalue weighted by Crippen LogP contribution is 2.38. The van der Waals surface area contributed by atoms with Crippen molar-refractivity contribution in [2.75, 3.05) is 11.9 Å². The van der Waals surface area contributed by atoms with Gasteiger partial charge in [-0.15, -0.1) is 0 Å². The van der Waals surface area contributed by atoms with Crippen molar-refractivity contribution in [2.45, 2.75) is 13.0 Å². The molecule has 3 aromatic carbocycles. The number of nitrogens with zero attached hydrogens (tertiary/aromatic N) is 2. The van der Waals surface area contributed by atoms with E-state index in [0.29, 0.717) is 11.3 Å². The summed E-state index contributed by atoms with van der Waals surface area (Å²) in [4.78, 5) is 36.2. The summed E-state index contributed by atoms with van der Waals surface area (Å²) >= 11 is 0. The van der Waals surface area contributed by atoms with E-state index in [4.69, 9.17) is 9.47 Å². The first-order chi connectivity index (χ1) is 16.9. The monoisotopic (exact) mass is 471 g/mol. The number of hydrogen-bond donors (Lipinski definition) is 1. The Kier molecular flexibility index (Phi) is 5.44. The Morgan fingerprint density at radius 3 is 2.51 bits per heavy atom. The average molecular weight is 471 g/mol. The number of nitrogens with one attached hydrogen (secondary N) is 1. The van der Waals surface area contributed by atoms with Crippen molar-refractivity contribution in [2.24, 2.45) is 7.05 Å². The Morgan fingerprint density at radius 1 is 1.09 bits per heavy atom. The lowest BCUT2D eigenvalue weighted by Gasteiger charge is -2.13. The number of ether oxygens (including phenoxy) is 2. The molecule has 1 aliphatic heterocycles. The van der Waals surface area contributed by atoms with Gasteiger partial charge in [0.15, 0.2) is 6.10 Å². The minimum absolute atomic E-state index is 0.0173. The molecule has 5 rings (SSSR count). The highest BCUT2D eigenvalue weighted by Gasteiger charge is 2.40. The topological polar surface area (TPSA) is 113 Å². The zero-order chi connectivity index (χ0) is 24.7. The van der Waals surface area contributed by atoms with Crippen molar-refractivity contribution in [3.8, 4) is 0 Å². The number of nitro benzene ring substituents is 1. The number of carbonyl (C=O) groups is 2. The summed E-state index contributed by atoms with van der Waals surface area (Å²) in [5.41, 5.74) is 3.01. The second-order valence-corrected chi connectivity index (χ2v) is 8.08. The maximum atomic E-state index is 12.9. The van der Waals surface area contributed by atoms with E-state index in [-0.39, 0.29) is 23.6 Å². The molecule has 0 aliphatic carbocycles. The maximum Gasteiger partial charge on any atom is 0.356 e. The summed E-state index contributed by atoms with van der Waals surface area (Å²) in [5, 5.41) is 16.1. The minimum atomic E-state index is -1.05. The molecule has 0 spiro atoms. The van der Waals surface area contributed by atoms with Gasteiger partial charge in [-0.1, -0.05) is 18.2 Å². The molecule has 4 aromatic rings. The van der Waals surface area contributed by atoms with Crippen LogP contribution in [0.5, 0.6) is 0 Å². The van der Waals surface area contributed by atoms with Crippen molar-refractivity contribution >= 4 is 45.1 Å². The van der Waals surface area contributed by atoms with Crippen LogP contribution in [0.2, 0.25) is 0 Å². The first-order valence-corrected chi connectivity index (χ1v) is 11.0. The molecular formula is C26H21N3O6. The van der Waals surface area contributed by atoms with Crippen LogP contribution in [-0.2, 0) is 26.1 Å². The number of anilines is 1. The summed E-state index contributed by atoms with van der Waals surface area (Å²) in [6, 6.07) is 19.2. The van der Waals surface area contributed by atoms with Crippen LogP contribution in [-0.4, -0.2) is 28.0 Å². The van der Waals surface area contributed by atoms with Gasteiger partial charge in [-0.2, -0.15) is 0 Å². The third-order valence-corrected chi connectivity index (χ3v) is 6.05. The molecule has 0 saturated heterocycles. The van der Waals surface area contributed by atoms with Crippen molar-refractivity contribution in [3.05, 3.63) is 93.7 Å². The molecular weight excluding hydrogens is 450 g/mol. The van der Waals surface area contributed by atoms with E-state index >= 15 is 0 Å². The van der Waals surface area contributed by atoms with Crippen molar-refractivity contribution in [1.82, 2.24) is 4.57 Å². The number of esters is 2. The number of cyclic esters (lactones) is 1. The van der Waals surface area contributed by atoms with Crippen LogP contribution in [0.4, 0.5) is 11.4 Å². The Hall–Kier alpha value is -4.66. The molecule has 0 amide bonds. The first kappa shape index (κ1) is 22.1. The van der Waals surface area contributed by atoms with Gasteiger partial charge in [0, 0.05) is 46.7 Å². The van der Waals surface area contributed by atoms with Crippen LogP contribution in [0.15, 0.2) is 78.0 Å². The standard InChI is InChI=1S/C26H21N3O6/c1-3-34-25(30)22-23(26(31)35-24(22)15-8-11-17(12-9-15)29(32)33)27-16-10-13-21-19(14-16)18-6-4-5-7-20(18)28(21)2/h4-14,24,27H,3H2,1-2H3. The highest BCUT2D eigenvalue weighted by atomic mass is 16.6. The Balaban J connectivity index is 1.58. The second kappa shape index (κ2) is 8.60. The van der Waals surface area contributed by atoms with E-state index in [1.807, 2.05) is 49.5 Å². The van der Waals surface area contributed by atoms with Crippen LogP contribution in [0.1, 0.15) is 18.6 Å². The molecule has 0 fully saturated rings. The predicted molar refractivity (Wildman–Crippen MR) is 130 cm³/mol. The number of carbonyl (C=O) groups excluding carboxylic acids is 2. The smallest absolute Gasteiger partial charge is 0.356 e. The zero-order valence-electron chi connectivity index (χ0n) is 19.0. The molecule has 1 N–H and O–H groups in total. The van der Waals surface area contributed by atoms with Crippen molar-refractivity contribution in [3.63, 3.8) is 0 Å². The molecule has 35 heavy (non-hydrogen) atoms. The number of nitro groups is 1. The predicted octanol–water partition coefficient (Wildman–Crippen LogP) is 4.77. The fourth-order valence-corrected chi connectivity index (χ4v) is 4.40. The number of non-ortho nitro benzene ring substituents is 1. The second-order valence-electron chi connectivity index (χ2n) is 8.08. The molecule has 0 bridgehead atoms. The molecule has 9 heteroatoms. The molecule has 0 radical (unpaired) electrons. The third-order valence-electron chi connectivity index (χ3n) is 6.05. The normalized spacial score (nSPS) is 15.5. The van der Waals surface area contributed by atoms with Crippen LogP contribution >= 0.6 is 0 Å². The fourth-order valence-electron chi connectivity index (χ4n) is 4.40. The molecule has 1 aromatic heterocycles. The number of para-hydroxylation sites is 1. The van der Waals surface area contributed by atoms with Crippen LogP contribution in [0.25, 0.3) is 21.8 Å². The molecule has 1 aliphatic rings. The highest BCUT2D eigenvalue weighted by molar-refractivity contribution is 6.10. The largest absolute Gasteiger partial charge is 0.462 e. The van der Waals surface area contributed by atoms with E-state index < -0.39 is 23.0 Å². The number of fused-ring (bicyclic) bond motifs is 3. The minimum Gasteiger partial charge on any atom is -0.462 e. The molecule has 176 valence electrons. The lowest BCUT2D eigenvalue weighted by atomic mass is 10.0. The van der Waals surface area contributed by atoms with E-state index in [2.05, 4.69) is 9.88 Å². The number of aromatic nitrogens is 1. The maximum absolute atomic E-state index is 12.9. The van der Waals surface area contributed by atoms with Crippen LogP contribution in [0, 0.1) is 10.1 Å². The van der Waals surface area contributed by atoms with Gasteiger partial charge in [0.25, 0.3) is 5.69 Å². The Labute approximate surface area is 199 Å².